The van der Waals surface area contributed by atoms with Crippen LogP contribution in [0.15, 0.2) is 59.8 Å². The molecule has 4 rings (SSSR count). The van der Waals surface area contributed by atoms with Crippen LogP contribution in [0.5, 0.6) is 0 Å². The van der Waals surface area contributed by atoms with Gasteiger partial charge in [0.15, 0.2) is 11.6 Å². The second kappa shape index (κ2) is 12.3. The second-order valence-corrected chi connectivity index (χ2v) is 9.93. The summed E-state index contributed by atoms with van der Waals surface area (Å²) in [5, 5.41) is 18.3. The van der Waals surface area contributed by atoms with Gasteiger partial charge in [-0.1, -0.05) is 30.3 Å². The summed E-state index contributed by atoms with van der Waals surface area (Å²) in [4.78, 5) is 39.5. The van der Waals surface area contributed by atoms with Crippen LogP contribution in [-0.2, 0) is 19.7 Å². The number of nitriles is 1. The molecule has 1 aliphatic carbocycles. The molecule has 3 N–H and O–H groups in total. The number of esters is 1. The minimum absolute atomic E-state index is 0.0374. The summed E-state index contributed by atoms with van der Waals surface area (Å²) in [5.41, 5.74) is 0.544. The molecule has 9 nitrogen and oxygen atoms in total. The number of benzene rings is 2. The number of nitrogens with zero attached hydrogens (tertiary/aromatic N) is 2. The van der Waals surface area contributed by atoms with Crippen molar-refractivity contribution in [3.8, 4) is 6.07 Å². The molecule has 0 bridgehead atoms. The van der Waals surface area contributed by atoms with E-state index < -0.39 is 41.1 Å². The van der Waals surface area contributed by atoms with Gasteiger partial charge in [0.25, 0.3) is 0 Å². The number of ether oxygens (including phenoxy) is 1. The number of hydrogen-bond donors (Lipinski definition) is 3. The van der Waals surface area contributed by atoms with E-state index in [4.69, 9.17) is 4.74 Å². The molecule has 1 aliphatic heterocycles. The van der Waals surface area contributed by atoms with Crippen LogP contribution in [0.1, 0.15) is 44.6 Å². The van der Waals surface area contributed by atoms with E-state index in [9.17, 15) is 28.4 Å². The van der Waals surface area contributed by atoms with Gasteiger partial charge in [0.05, 0.1) is 24.2 Å². The maximum atomic E-state index is 14.2. The Labute approximate surface area is 231 Å². The molecule has 1 saturated carbocycles. The molecule has 0 radical (unpaired) electrons. The Hall–Kier alpha value is -4.30. The van der Waals surface area contributed by atoms with Gasteiger partial charge in [0.1, 0.15) is 6.17 Å². The first kappa shape index (κ1) is 28.7. The lowest BCUT2D eigenvalue weighted by Crippen LogP contribution is -2.59. The number of nitrogens with one attached hydrogen (secondary N) is 3. The van der Waals surface area contributed by atoms with E-state index in [1.807, 2.05) is 30.3 Å². The maximum absolute atomic E-state index is 14.2. The molecular formula is C29H31F2N5O4. The molecule has 11 heteroatoms. The monoisotopic (exact) mass is 551 g/mol. The molecule has 210 valence electrons. The molecule has 1 unspecified atom stereocenters. The van der Waals surface area contributed by atoms with Crippen molar-refractivity contribution in [2.75, 3.05) is 18.6 Å². The molecular weight excluding hydrogens is 520 g/mol. The lowest BCUT2D eigenvalue weighted by molar-refractivity contribution is -0.136. The van der Waals surface area contributed by atoms with Crippen LogP contribution in [0.3, 0.4) is 0 Å². The van der Waals surface area contributed by atoms with Crippen molar-refractivity contribution in [3.05, 3.63) is 77.0 Å². The van der Waals surface area contributed by atoms with Gasteiger partial charge in [-0.15, -0.1) is 0 Å². The number of carbonyl (C=O) groups is 3. The van der Waals surface area contributed by atoms with E-state index >= 15 is 0 Å². The summed E-state index contributed by atoms with van der Waals surface area (Å²) in [6.07, 6.45) is 1.45. The third-order valence-corrected chi connectivity index (χ3v) is 7.51. The van der Waals surface area contributed by atoms with Crippen LogP contribution >= 0.6 is 0 Å². The van der Waals surface area contributed by atoms with Crippen LogP contribution in [-0.4, -0.2) is 43.8 Å². The van der Waals surface area contributed by atoms with Gasteiger partial charge in [-0.2, -0.15) is 5.26 Å². The Morgan fingerprint density at radius 1 is 1.15 bits per heavy atom. The molecule has 0 aromatic heterocycles. The van der Waals surface area contributed by atoms with E-state index in [1.165, 1.54) is 13.0 Å². The molecule has 1 heterocycles. The molecule has 2 aromatic rings. The quantitative estimate of drug-likeness (QED) is 0.429. The van der Waals surface area contributed by atoms with Gasteiger partial charge in [0, 0.05) is 36.5 Å². The van der Waals surface area contributed by atoms with Gasteiger partial charge in [-0.05, 0) is 50.3 Å². The Balaban J connectivity index is 1.49. The predicted molar refractivity (Wildman–Crippen MR) is 143 cm³/mol. The SMILES string of the molecule is COC(=O)C1=C(C)NC(=O)NC1N(C(=O)CCNC1CCC(C#N)(c2ccccc2)CC1)c1ccc(F)c(F)c1. The minimum atomic E-state index is -1.31. The third-order valence-electron chi connectivity index (χ3n) is 7.51. The van der Waals surface area contributed by atoms with Crippen LogP contribution in [0, 0.1) is 23.0 Å². The highest BCUT2D eigenvalue weighted by atomic mass is 19.2. The first-order valence-corrected chi connectivity index (χ1v) is 13.0. The fraction of sp³-hybridized carbons (Fsp3) is 0.379. The fourth-order valence-electron chi connectivity index (χ4n) is 5.36. The smallest absolute Gasteiger partial charge is 0.339 e. The maximum Gasteiger partial charge on any atom is 0.339 e. The van der Waals surface area contributed by atoms with Crippen molar-refractivity contribution in [2.45, 2.75) is 56.7 Å². The van der Waals surface area contributed by atoms with E-state index in [2.05, 4.69) is 22.0 Å². The molecule has 0 saturated heterocycles. The number of carbonyl (C=O) groups excluding carboxylic acids is 3. The van der Waals surface area contributed by atoms with Crippen LogP contribution in [0.4, 0.5) is 19.3 Å². The zero-order valence-electron chi connectivity index (χ0n) is 22.3. The summed E-state index contributed by atoms with van der Waals surface area (Å²) in [6.45, 7) is 1.73. The molecule has 1 atom stereocenters. The van der Waals surface area contributed by atoms with Crippen LogP contribution < -0.4 is 20.9 Å². The normalized spacial score (nSPS) is 22.5. The van der Waals surface area contributed by atoms with Gasteiger partial charge in [-0.25, -0.2) is 18.4 Å². The highest BCUT2D eigenvalue weighted by molar-refractivity contribution is 6.01. The number of methoxy groups -OCH3 is 1. The van der Waals surface area contributed by atoms with Crippen LogP contribution in [0.2, 0.25) is 0 Å². The molecule has 2 aromatic carbocycles. The Bertz CT molecular complexity index is 1350. The first-order chi connectivity index (χ1) is 19.2. The Morgan fingerprint density at radius 2 is 1.85 bits per heavy atom. The molecule has 2 aliphatic rings. The molecule has 40 heavy (non-hydrogen) atoms. The summed E-state index contributed by atoms with van der Waals surface area (Å²) < 4.78 is 32.8. The van der Waals surface area contributed by atoms with E-state index in [0.29, 0.717) is 12.8 Å². The largest absolute Gasteiger partial charge is 0.465 e. The second-order valence-electron chi connectivity index (χ2n) is 9.93. The topological polar surface area (TPSA) is 124 Å². The van der Waals surface area contributed by atoms with Gasteiger partial charge >= 0.3 is 12.0 Å². The minimum Gasteiger partial charge on any atom is -0.465 e. The average molecular weight is 552 g/mol. The number of anilines is 1. The summed E-state index contributed by atoms with van der Waals surface area (Å²) in [5.74, 6) is -3.62. The lowest BCUT2D eigenvalue weighted by Gasteiger charge is -2.37. The van der Waals surface area contributed by atoms with Crippen molar-refractivity contribution >= 4 is 23.6 Å². The zero-order valence-corrected chi connectivity index (χ0v) is 22.3. The summed E-state index contributed by atoms with van der Waals surface area (Å²) >= 11 is 0. The molecule has 1 fully saturated rings. The number of allylic oxidation sites excluding steroid dienone is 1. The Kier molecular flexibility index (Phi) is 8.80. The molecule has 3 amide bonds. The number of hydrogen-bond acceptors (Lipinski definition) is 6. The number of rotatable bonds is 8. The standard InChI is InChI=1S/C29H31F2N5O4/c1-18-25(27(38)40-2)26(35-28(39)34-18)36(21-8-9-22(30)23(31)16-21)24(37)12-15-33-20-10-13-29(17-32,14-11-20)19-6-4-3-5-7-19/h3-9,16,20,26,33H,10-15H2,1-2H3,(H2,34,35,39). The van der Waals surface area contributed by atoms with Crippen molar-refractivity contribution in [2.24, 2.45) is 0 Å². The van der Waals surface area contributed by atoms with Crippen LogP contribution in [0.25, 0.3) is 0 Å². The molecule has 0 spiro atoms. The van der Waals surface area contributed by atoms with Crippen molar-refractivity contribution < 1.29 is 27.9 Å². The lowest BCUT2D eigenvalue weighted by atomic mass is 9.69. The zero-order chi connectivity index (χ0) is 28.9. The van der Waals surface area contributed by atoms with E-state index in [-0.39, 0.29) is 36.0 Å². The van der Waals surface area contributed by atoms with Crippen molar-refractivity contribution in [1.82, 2.24) is 16.0 Å². The van der Waals surface area contributed by atoms with Gasteiger partial charge in [0.2, 0.25) is 5.91 Å². The van der Waals surface area contributed by atoms with E-state index in [1.54, 1.807) is 0 Å². The number of amides is 3. The van der Waals surface area contributed by atoms with Crippen molar-refractivity contribution in [3.63, 3.8) is 0 Å². The highest BCUT2D eigenvalue weighted by Crippen LogP contribution is 2.39. The Morgan fingerprint density at radius 3 is 2.48 bits per heavy atom. The van der Waals surface area contributed by atoms with E-state index in [0.717, 1.165) is 42.5 Å². The fourth-order valence-corrected chi connectivity index (χ4v) is 5.36. The highest BCUT2D eigenvalue weighted by Gasteiger charge is 2.39. The summed E-state index contributed by atoms with van der Waals surface area (Å²) in [6, 6.07) is 14.5. The third kappa shape index (κ3) is 5.97. The van der Waals surface area contributed by atoms with Gasteiger partial charge in [-0.3, -0.25) is 9.69 Å². The summed E-state index contributed by atoms with van der Waals surface area (Å²) in [7, 11) is 1.16. The van der Waals surface area contributed by atoms with Gasteiger partial charge < -0.3 is 20.7 Å². The first-order valence-electron chi connectivity index (χ1n) is 13.0. The van der Waals surface area contributed by atoms with Crippen molar-refractivity contribution in [1.29, 1.82) is 5.26 Å². The predicted octanol–water partition coefficient (Wildman–Crippen LogP) is 3.77. The number of halogens is 2. The number of urea groups is 1. The average Bonchev–Trinajstić information content (AvgIpc) is 2.95.